The molecule has 0 bridgehead atoms. The van der Waals surface area contributed by atoms with Crippen molar-refractivity contribution in [2.24, 2.45) is 5.92 Å². The summed E-state index contributed by atoms with van der Waals surface area (Å²) >= 11 is 0. The van der Waals surface area contributed by atoms with E-state index >= 15 is 0 Å². The summed E-state index contributed by atoms with van der Waals surface area (Å²) in [6, 6.07) is 5.83. The van der Waals surface area contributed by atoms with Gasteiger partial charge in [-0.05, 0) is 51.0 Å². The fourth-order valence-electron chi connectivity index (χ4n) is 2.62. The highest BCUT2D eigenvalue weighted by Gasteiger charge is 2.28. The fraction of sp³-hybridized carbons (Fsp3) is 0.579. The van der Waals surface area contributed by atoms with Crippen LogP contribution in [-0.2, 0) is 19.6 Å². The van der Waals surface area contributed by atoms with Crippen LogP contribution in [0.25, 0.3) is 0 Å². The van der Waals surface area contributed by atoms with Crippen molar-refractivity contribution in [1.29, 1.82) is 0 Å². The van der Waals surface area contributed by atoms with Gasteiger partial charge in [-0.3, -0.25) is 9.59 Å². The third-order valence-electron chi connectivity index (χ3n) is 3.97. The Hall–Kier alpha value is -1.93. The number of esters is 1. The molecule has 1 rings (SSSR count). The molecule has 0 atom stereocenters. The van der Waals surface area contributed by atoms with Crippen LogP contribution in [0.3, 0.4) is 0 Å². The van der Waals surface area contributed by atoms with E-state index in [0.29, 0.717) is 18.7 Å². The van der Waals surface area contributed by atoms with Crippen LogP contribution in [0.1, 0.15) is 45.0 Å². The molecule has 0 spiro atoms. The summed E-state index contributed by atoms with van der Waals surface area (Å²) in [7, 11) is -3.88. The van der Waals surface area contributed by atoms with Crippen LogP contribution in [0.2, 0.25) is 0 Å². The number of hydrogen-bond donors (Lipinski definition) is 0. The van der Waals surface area contributed by atoms with Crippen LogP contribution in [-0.4, -0.2) is 62.3 Å². The Balaban J connectivity index is 3.11. The normalized spacial score (nSPS) is 11.7. The number of rotatable bonds is 10. The van der Waals surface area contributed by atoms with Crippen LogP contribution in [0.5, 0.6) is 0 Å². The van der Waals surface area contributed by atoms with Crippen molar-refractivity contribution in [1.82, 2.24) is 9.21 Å². The van der Waals surface area contributed by atoms with Gasteiger partial charge in [-0.25, -0.2) is 8.42 Å². The zero-order valence-electron chi connectivity index (χ0n) is 16.8. The fourth-order valence-corrected chi connectivity index (χ4v) is 4.17. The molecule has 0 fully saturated rings. The van der Waals surface area contributed by atoms with Crippen molar-refractivity contribution in [3.63, 3.8) is 0 Å². The average Bonchev–Trinajstić information content (AvgIpc) is 2.62. The minimum Gasteiger partial charge on any atom is -0.465 e. The first-order valence-electron chi connectivity index (χ1n) is 9.22. The second-order valence-corrected chi connectivity index (χ2v) is 8.44. The predicted octanol–water partition coefficient (Wildman–Crippen LogP) is 2.38. The van der Waals surface area contributed by atoms with Crippen LogP contribution >= 0.6 is 0 Å². The van der Waals surface area contributed by atoms with E-state index in [-0.39, 0.29) is 36.4 Å². The van der Waals surface area contributed by atoms with Gasteiger partial charge in [-0.15, -0.1) is 0 Å². The Kier molecular flexibility index (Phi) is 8.92. The lowest BCUT2D eigenvalue weighted by Crippen LogP contribution is -2.39. The van der Waals surface area contributed by atoms with Crippen LogP contribution in [0.15, 0.2) is 29.2 Å². The van der Waals surface area contributed by atoms with E-state index < -0.39 is 16.0 Å². The van der Waals surface area contributed by atoms with Gasteiger partial charge >= 0.3 is 5.97 Å². The highest BCUT2D eigenvalue weighted by molar-refractivity contribution is 7.89. The Bertz CT molecular complexity index is 725. The molecule has 0 aliphatic carbocycles. The Labute approximate surface area is 162 Å². The standard InChI is InChI=1S/C19H30N2O5S/c1-6-20(7-2)19(23)16-9-11-17(12-10-16)27(24,25)21(13-15(4)5)14-18(22)26-8-3/h9-12,15H,6-8,13-14H2,1-5H3. The second-order valence-electron chi connectivity index (χ2n) is 6.50. The number of ether oxygens (including phenoxy) is 1. The quantitative estimate of drug-likeness (QED) is 0.565. The third-order valence-corrected chi connectivity index (χ3v) is 5.80. The summed E-state index contributed by atoms with van der Waals surface area (Å²) in [5.74, 6) is -0.692. The minimum absolute atomic E-state index is 0.0396. The predicted molar refractivity (Wildman–Crippen MR) is 104 cm³/mol. The molecule has 0 radical (unpaired) electrons. The van der Waals surface area contributed by atoms with Gasteiger partial charge in [-0.1, -0.05) is 13.8 Å². The molecule has 27 heavy (non-hydrogen) atoms. The number of carbonyl (C=O) groups is 2. The molecule has 152 valence electrons. The summed E-state index contributed by atoms with van der Waals surface area (Å²) < 4.78 is 31.9. The van der Waals surface area contributed by atoms with E-state index in [1.54, 1.807) is 11.8 Å². The van der Waals surface area contributed by atoms with E-state index in [1.165, 1.54) is 24.3 Å². The zero-order chi connectivity index (χ0) is 20.6. The molecule has 0 N–H and O–H groups in total. The van der Waals surface area contributed by atoms with E-state index in [4.69, 9.17) is 4.74 Å². The van der Waals surface area contributed by atoms with Crippen molar-refractivity contribution >= 4 is 21.9 Å². The first-order chi connectivity index (χ1) is 12.7. The summed E-state index contributed by atoms with van der Waals surface area (Å²) in [5, 5.41) is 0. The molecule has 0 aliphatic heterocycles. The Morgan fingerprint density at radius 1 is 1.04 bits per heavy atom. The van der Waals surface area contributed by atoms with Gasteiger partial charge in [0.15, 0.2) is 0 Å². The highest BCUT2D eigenvalue weighted by atomic mass is 32.2. The second kappa shape index (κ2) is 10.4. The maximum atomic E-state index is 13.0. The summed E-state index contributed by atoms with van der Waals surface area (Å²) in [6.07, 6.45) is 0. The molecular formula is C19H30N2O5S. The number of hydrogen-bond acceptors (Lipinski definition) is 5. The van der Waals surface area contributed by atoms with E-state index in [9.17, 15) is 18.0 Å². The number of benzene rings is 1. The third kappa shape index (κ3) is 6.32. The highest BCUT2D eigenvalue weighted by Crippen LogP contribution is 2.19. The van der Waals surface area contributed by atoms with Crippen molar-refractivity contribution < 1.29 is 22.7 Å². The molecule has 0 unspecified atom stereocenters. The maximum absolute atomic E-state index is 13.0. The monoisotopic (exact) mass is 398 g/mol. The van der Waals surface area contributed by atoms with Crippen molar-refractivity contribution in [2.75, 3.05) is 32.8 Å². The summed E-state index contributed by atoms with van der Waals surface area (Å²) in [6.45, 7) is 10.4. The van der Waals surface area contributed by atoms with Gasteiger partial charge < -0.3 is 9.64 Å². The summed E-state index contributed by atoms with van der Waals surface area (Å²) in [5.41, 5.74) is 0.429. The lowest BCUT2D eigenvalue weighted by molar-refractivity contribution is -0.143. The number of amides is 1. The molecule has 7 nitrogen and oxygen atoms in total. The van der Waals surface area contributed by atoms with Crippen LogP contribution in [0, 0.1) is 5.92 Å². The summed E-state index contributed by atoms with van der Waals surface area (Å²) in [4.78, 5) is 25.9. The van der Waals surface area contributed by atoms with E-state index in [0.717, 1.165) is 4.31 Å². The SMILES string of the molecule is CCOC(=O)CN(CC(C)C)S(=O)(=O)c1ccc(C(=O)N(CC)CC)cc1. The molecule has 0 heterocycles. The van der Waals surface area contributed by atoms with E-state index in [2.05, 4.69) is 0 Å². The molecule has 8 heteroatoms. The lowest BCUT2D eigenvalue weighted by atomic mass is 10.2. The molecule has 1 aromatic rings. The van der Waals surface area contributed by atoms with Crippen molar-refractivity contribution in [2.45, 2.75) is 39.5 Å². The zero-order valence-corrected chi connectivity index (χ0v) is 17.6. The van der Waals surface area contributed by atoms with Gasteiger partial charge in [0.1, 0.15) is 6.54 Å². The topological polar surface area (TPSA) is 84.0 Å². The first kappa shape index (κ1) is 23.1. The molecule has 0 aromatic heterocycles. The molecular weight excluding hydrogens is 368 g/mol. The van der Waals surface area contributed by atoms with Crippen LogP contribution in [0.4, 0.5) is 0 Å². The van der Waals surface area contributed by atoms with E-state index in [1.807, 2.05) is 27.7 Å². The Morgan fingerprint density at radius 2 is 1.59 bits per heavy atom. The Morgan fingerprint density at radius 3 is 2.04 bits per heavy atom. The molecule has 0 aliphatic rings. The lowest BCUT2D eigenvalue weighted by Gasteiger charge is -2.23. The smallest absolute Gasteiger partial charge is 0.321 e. The van der Waals surface area contributed by atoms with Gasteiger partial charge in [0.2, 0.25) is 10.0 Å². The van der Waals surface area contributed by atoms with Crippen LogP contribution < -0.4 is 0 Å². The molecule has 0 saturated carbocycles. The van der Waals surface area contributed by atoms with Crippen molar-refractivity contribution in [3.8, 4) is 0 Å². The molecule has 1 aromatic carbocycles. The maximum Gasteiger partial charge on any atom is 0.321 e. The minimum atomic E-state index is -3.88. The van der Waals surface area contributed by atoms with Gasteiger partial charge in [0.25, 0.3) is 5.91 Å². The van der Waals surface area contributed by atoms with Gasteiger partial charge in [0.05, 0.1) is 11.5 Å². The number of carbonyl (C=O) groups excluding carboxylic acids is 2. The number of sulfonamides is 1. The van der Waals surface area contributed by atoms with Gasteiger partial charge in [-0.2, -0.15) is 4.31 Å². The molecule has 1 amide bonds. The largest absolute Gasteiger partial charge is 0.465 e. The number of nitrogens with zero attached hydrogens (tertiary/aromatic N) is 2. The van der Waals surface area contributed by atoms with Crippen molar-refractivity contribution in [3.05, 3.63) is 29.8 Å². The first-order valence-corrected chi connectivity index (χ1v) is 10.7. The average molecular weight is 399 g/mol. The molecule has 0 saturated heterocycles. The van der Waals surface area contributed by atoms with Gasteiger partial charge in [0, 0.05) is 25.2 Å².